The number of benzene rings is 1. The quantitative estimate of drug-likeness (QED) is 0.569. The normalized spacial score (nSPS) is 17.6. The SMILES string of the molecule is CN(C)C1CCN(Cc2cccc(NC(=O)c3nn(C)c4c3C(C)(C)Cc3cnc(N)nc3-4)c2)CC1. The monoisotopic (exact) mass is 488 g/mol. The molecule has 0 atom stereocenters. The molecule has 0 bridgehead atoms. The van der Waals surface area contributed by atoms with Gasteiger partial charge in [0, 0.05) is 37.1 Å². The van der Waals surface area contributed by atoms with Crippen molar-refractivity contribution in [2.45, 2.75) is 51.1 Å². The zero-order valence-electron chi connectivity index (χ0n) is 21.9. The van der Waals surface area contributed by atoms with E-state index in [9.17, 15) is 4.79 Å². The first kappa shape index (κ1) is 24.4. The van der Waals surface area contributed by atoms with Gasteiger partial charge in [-0.2, -0.15) is 5.10 Å². The van der Waals surface area contributed by atoms with Crippen LogP contribution in [0.1, 0.15) is 53.9 Å². The lowest BCUT2D eigenvalue weighted by Crippen LogP contribution is -2.41. The third-order valence-electron chi connectivity index (χ3n) is 7.56. The van der Waals surface area contributed by atoms with Gasteiger partial charge in [-0.1, -0.05) is 26.0 Å². The van der Waals surface area contributed by atoms with Gasteiger partial charge in [0.2, 0.25) is 5.95 Å². The van der Waals surface area contributed by atoms with Gasteiger partial charge in [-0.25, -0.2) is 9.97 Å². The van der Waals surface area contributed by atoms with E-state index in [4.69, 9.17) is 5.73 Å². The largest absolute Gasteiger partial charge is 0.368 e. The topological polar surface area (TPSA) is 105 Å². The lowest BCUT2D eigenvalue weighted by atomic mass is 9.73. The minimum atomic E-state index is -0.302. The highest BCUT2D eigenvalue weighted by atomic mass is 16.2. The fraction of sp³-hybridized carbons (Fsp3) is 0.481. The number of nitrogens with one attached hydrogen (secondary N) is 1. The molecule has 0 unspecified atom stereocenters. The Labute approximate surface area is 212 Å². The Hall–Kier alpha value is -3.30. The van der Waals surface area contributed by atoms with E-state index in [2.05, 4.69) is 70.3 Å². The third-order valence-corrected chi connectivity index (χ3v) is 7.56. The van der Waals surface area contributed by atoms with Gasteiger partial charge in [0.25, 0.3) is 5.91 Å². The van der Waals surface area contributed by atoms with Gasteiger partial charge in [-0.05, 0) is 75.1 Å². The second kappa shape index (κ2) is 9.29. The van der Waals surface area contributed by atoms with E-state index in [1.54, 1.807) is 10.9 Å². The number of nitrogen functional groups attached to an aromatic ring is 1. The first-order chi connectivity index (χ1) is 17.1. The maximum absolute atomic E-state index is 13.5. The van der Waals surface area contributed by atoms with Crippen molar-refractivity contribution in [2.24, 2.45) is 7.05 Å². The van der Waals surface area contributed by atoms with Crippen molar-refractivity contribution in [1.82, 2.24) is 29.5 Å². The second-order valence-electron chi connectivity index (χ2n) is 11.0. The molecule has 1 aromatic carbocycles. The highest BCUT2D eigenvalue weighted by Crippen LogP contribution is 2.43. The number of carbonyl (C=O) groups is 1. The van der Waals surface area contributed by atoms with E-state index < -0.39 is 0 Å². The minimum absolute atomic E-state index is 0.214. The van der Waals surface area contributed by atoms with Crippen molar-refractivity contribution in [1.29, 1.82) is 0 Å². The molecular formula is C27H36N8O. The summed E-state index contributed by atoms with van der Waals surface area (Å²) in [6.07, 6.45) is 4.86. The Kier molecular flexibility index (Phi) is 6.30. The van der Waals surface area contributed by atoms with Crippen LogP contribution < -0.4 is 11.1 Å². The predicted octanol–water partition coefficient (Wildman–Crippen LogP) is 3.07. The standard InChI is InChI=1S/C27H36N8O/c1-27(2)14-18-15-29-26(28)31-22(18)24-21(27)23(32-34(24)5)25(36)30-19-8-6-7-17(13-19)16-35-11-9-20(10-12-35)33(3)4/h6-8,13,15,20H,9-12,14,16H2,1-5H3,(H,30,36)(H2,28,29,31). The first-order valence-electron chi connectivity index (χ1n) is 12.6. The Morgan fingerprint density at radius 3 is 2.72 bits per heavy atom. The molecule has 1 amide bonds. The lowest BCUT2D eigenvalue weighted by Gasteiger charge is -2.35. The summed E-state index contributed by atoms with van der Waals surface area (Å²) in [6, 6.07) is 8.80. The molecule has 3 N–H and O–H groups in total. The molecule has 3 heterocycles. The highest BCUT2D eigenvalue weighted by molar-refractivity contribution is 6.05. The van der Waals surface area contributed by atoms with Crippen LogP contribution in [0.25, 0.3) is 11.4 Å². The molecule has 36 heavy (non-hydrogen) atoms. The van der Waals surface area contributed by atoms with Crippen LogP contribution in [0.15, 0.2) is 30.5 Å². The molecule has 1 fully saturated rings. The maximum Gasteiger partial charge on any atom is 0.276 e. The molecule has 0 spiro atoms. The van der Waals surface area contributed by atoms with Crippen LogP contribution in [0.3, 0.4) is 0 Å². The molecule has 1 saturated heterocycles. The number of aromatic nitrogens is 4. The molecule has 190 valence electrons. The molecule has 5 rings (SSSR count). The van der Waals surface area contributed by atoms with E-state index >= 15 is 0 Å². The van der Waals surface area contributed by atoms with Crippen molar-refractivity contribution < 1.29 is 4.79 Å². The first-order valence-corrected chi connectivity index (χ1v) is 12.6. The number of hydrogen-bond donors (Lipinski definition) is 2. The summed E-state index contributed by atoms with van der Waals surface area (Å²) in [4.78, 5) is 27.0. The van der Waals surface area contributed by atoms with Gasteiger partial charge >= 0.3 is 0 Å². The summed E-state index contributed by atoms with van der Waals surface area (Å²) in [7, 11) is 6.17. The maximum atomic E-state index is 13.5. The van der Waals surface area contributed by atoms with Crippen LogP contribution in [-0.4, -0.2) is 68.7 Å². The van der Waals surface area contributed by atoms with E-state index in [1.165, 1.54) is 18.4 Å². The molecule has 2 aliphatic rings. The van der Waals surface area contributed by atoms with Gasteiger partial charge in [0.1, 0.15) is 0 Å². The zero-order chi connectivity index (χ0) is 25.6. The van der Waals surface area contributed by atoms with Gasteiger partial charge in [-0.3, -0.25) is 14.4 Å². The predicted molar refractivity (Wildman–Crippen MR) is 142 cm³/mol. The van der Waals surface area contributed by atoms with Gasteiger partial charge in [-0.15, -0.1) is 0 Å². The third kappa shape index (κ3) is 4.60. The van der Waals surface area contributed by atoms with Crippen LogP contribution in [0.4, 0.5) is 11.6 Å². The average Bonchev–Trinajstić information content (AvgIpc) is 3.19. The Balaban J connectivity index is 1.36. The number of likely N-dealkylation sites (tertiary alicyclic amines) is 1. The molecule has 9 heteroatoms. The molecule has 1 aliphatic heterocycles. The van der Waals surface area contributed by atoms with Crippen molar-refractivity contribution in [3.63, 3.8) is 0 Å². The molecular weight excluding hydrogens is 452 g/mol. The summed E-state index contributed by atoms with van der Waals surface area (Å²) in [5.74, 6) is 0.00344. The smallest absolute Gasteiger partial charge is 0.276 e. The Bertz CT molecular complexity index is 1290. The summed E-state index contributed by atoms with van der Waals surface area (Å²) >= 11 is 0. The van der Waals surface area contributed by atoms with Crippen molar-refractivity contribution in [3.05, 3.63) is 52.8 Å². The highest BCUT2D eigenvalue weighted by Gasteiger charge is 2.39. The van der Waals surface area contributed by atoms with Crippen LogP contribution in [-0.2, 0) is 25.4 Å². The van der Waals surface area contributed by atoms with Gasteiger partial charge in [0.15, 0.2) is 5.69 Å². The fourth-order valence-electron chi connectivity index (χ4n) is 5.70. The number of aryl methyl sites for hydroxylation is 1. The second-order valence-corrected chi connectivity index (χ2v) is 11.0. The number of amides is 1. The van der Waals surface area contributed by atoms with Crippen LogP contribution in [0, 0.1) is 0 Å². The molecule has 9 nitrogen and oxygen atoms in total. The van der Waals surface area contributed by atoms with Crippen molar-refractivity contribution >= 4 is 17.5 Å². The number of rotatable bonds is 5. The number of carbonyl (C=O) groups excluding carboxylic acids is 1. The zero-order valence-corrected chi connectivity index (χ0v) is 21.9. The number of fused-ring (bicyclic) bond motifs is 3. The van der Waals surface area contributed by atoms with Crippen molar-refractivity contribution in [2.75, 3.05) is 38.2 Å². The summed E-state index contributed by atoms with van der Waals surface area (Å²) in [6.45, 7) is 7.31. The van der Waals surface area contributed by atoms with Crippen LogP contribution >= 0.6 is 0 Å². The Morgan fingerprint density at radius 2 is 2.00 bits per heavy atom. The van der Waals surface area contributed by atoms with Gasteiger partial charge < -0.3 is 16.0 Å². The molecule has 2 aromatic heterocycles. The lowest BCUT2D eigenvalue weighted by molar-refractivity contribution is 0.101. The fourth-order valence-corrected chi connectivity index (χ4v) is 5.70. The molecule has 3 aromatic rings. The number of nitrogens with zero attached hydrogens (tertiary/aromatic N) is 6. The molecule has 0 radical (unpaired) electrons. The Morgan fingerprint density at radius 1 is 1.25 bits per heavy atom. The number of nitrogens with two attached hydrogens (primary N) is 1. The molecule has 0 saturated carbocycles. The van der Waals surface area contributed by atoms with E-state index in [0.29, 0.717) is 18.2 Å². The van der Waals surface area contributed by atoms with Crippen LogP contribution in [0.5, 0.6) is 0 Å². The average molecular weight is 489 g/mol. The summed E-state index contributed by atoms with van der Waals surface area (Å²) < 4.78 is 1.74. The number of hydrogen-bond acceptors (Lipinski definition) is 7. The molecule has 1 aliphatic carbocycles. The minimum Gasteiger partial charge on any atom is -0.368 e. The van der Waals surface area contributed by atoms with E-state index in [1.807, 2.05) is 19.2 Å². The van der Waals surface area contributed by atoms with Gasteiger partial charge in [0.05, 0.1) is 11.4 Å². The summed E-state index contributed by atoms with van der Waals surface area (Å²) in [5, 5.41) is 7.74. The number of piperidine rings is 1. The van der Waals surface area contributed by atoms with E-state index in [-0.39, 0.29) is 17.3 Å². The van der Waals surface area contributed by atoms with Crippen LogP contribution in [0.2, 0.25) is 0 Å². The number of anilines is 2. The van der Waals surface area contributed by atoms with E-state index in [0.717, 1.165) is 47.8 Å². The summed E-state index contributed by atoms with van der Waals surface area (Å²) in [5.41, 5.74) is 11.5. The van der Waals surface area contributed by atoms with Crippen molar-refractivity contribution in [3.8, 4) is 11.4 Å².